The largest absolute Gasteiger partial charge is 0.444 e. The minimum Gasteiger partial charge on any atom is -0.444 e. The lowest BCUT2D eigenvalue weighted by Crippen LogP contribution is -2.77. The molecule has 0 aromatic carbocycles. The summed E-state index contributed by atoms with van der Waals surface area (Å²) in [5, 5.41) is 0. The minimum atomic E-state index is -1.57. The van der Waals surface area contributed by atoms with Crippen LogP contribution in [-0.4, -0.2) is 52.9 Å². The highest BCUT2D eigenvalue weighted by atomic mass is 19.1. The number of imide groups is 2. The number of likely N-dealkylation sites (tertiary alicyclic amines) is 2. The molecule has 1 aliphatic carbocycles. The van der Waals surface area contributed by atoms with Crippen LogP contribution in [0.25, 0.3) is 0 Å². The number of carbonyl (C=O) groups excluding carboxylic acids is 5. The Labute approximate surface area is 143 Å². The highest BCUT2D eigenvalue weighted by Crippen LogP contribution is 2.84. The van der Waals surface area contributed by atoms with E-state index in [4.69, 9.17) is 4.74 Å². The average Bonchev–Trinajstić information content (AvgIpc) is 2.80. The third-order valence-electron chi connectivity index (χ3n) is 7.37. The van der Waals surface area contributed by atoms with Gasteiger partial charge in [0.2, 0.25) is 23.6 Å². The lowest BCUT2D eigenvalue weighted by Gasteiger charge is -2.67. The van der Waals surface area contributed by atoms with E-state index in [1.807, 2.05) is 0 Å². The Hall–Kier alpha value is -2.32. The second kappa shape index (κ2) is 4.44. The first kappa shape index (κ1) is 17.5. The Kier molecular flexibility index (Phi) is 3.11. The first-order valence-corrected chi connectivity index (χ1v) is 7.84. The molecule has 1 saturated carbocycles. The van der Waals surface area contributed by atoms with Crippen LogP contribution in [0.5, 0.6) is 0 Å². The second-order valence-electron chi connectivity index (χ2n) is 7.47. The maximum atomic E-state index is 13.3. The lowest BCUT2D eigenvalue weighted by atomic mass is 9.27. The van der Waals surface area contributed by atoms with Crippen molar-refractivity contribution in [2.45, 2.75) is 40.8 Å². The van der Waals surface area contributed by atoms with Gasteiger partial charge in [-0.2, -0.15) is 0 Å². The molecule has 8 nitrogen and oxygen atoms in total. The van der Waals surface area contributed by atoms with Crippen LogP contribution >= 0.6 is 0 Å². The number of ether oxygens (including phenoxy) is 1. The fraction of sp³-hybridized carbons (Fsp3) is 0.688. The lowest BCUT2D eigenvalue weighted by molar-refractivity contribution is -0.243. The van der Waals surface area contributed by atoms with Gasteiger partial charge in [-0.3, -0.25) is 28.9 Å². The van der Waals surface area contributed by atoms with Gasteiger partial charge in [-0.25, -0.2) is 9.29 Å². The van der Waals surface area contributed by atoms with E-state index in [2.05, 4.69) is 0 Å². The van der Waals surface area contributed by atoms with Crippen molar-refractivity contribution in [2.24, 2.45) is 21.7 Å². The molecule has 0 aromatic heterocycles. The van der Waals surface area contributed by atoms with E-state index in [0.29, 0.717) is 4.90 Å². The number of halogens is 1. The number of carbonyl (C=O) groups is 5. The number of nitrogens with zero attached hydrogens (tertiary/aromatic N) is 2. The number of fused-ring (bicyclic) bond motifs is 4. The zero-order chi connectivity index (χ0) is 19.2. The molecule has 25 heavy (non-hydrogen) atoms. The van der Waals surface area contributed by atoms with Crippen molar-refractivity contribution in [1.82, 2.24) is 9.80 Å². The highest BCUT2D eigenvalue weighted by molar-refractivity contribution is 6.24. The number of amides is 4. The van der Waals surface area contributed by atoms with Gasteiger partial charge in [-0.1, -0.05) is 0 Å². The molecular weight excluding hydrogens is 335 g/mol. The van der Waals surface area contributed by atoms with Crippen LogP contribution in [-0.2, 0) is 28.7 Å². The quantitative estimate of drug-likeness (QED) is 0.406. The topological polar surface area (TPSA) is 101 Å². The van der Waals surface area contributed by atoms with Gasteiger partial charge in [-0.15, -0.1) is 0 Å². The van der Waals surface area contributed by atoms with E-state index in [9.17, 15) is 28.4 Å². The highest BCUT2D eigenvalue weighted by Gasteiger charge is 2.97. The van der Waals surface area contributed by atoms with Crippen LogP contribution < -0.4 is 0 Å². The van der Waals surface area contributed by atoms with Crippen molar-refractivity contribution in [3.63, 3.8) is 0 Å². The van der Waals surface area contributed by atoms with Gasteiger partial charge >= 0.3 is 0 Å². The summed E-state index contributed by atoms with van der Waals surface area (Å²) in [5.41, 5.74) is -6.24. The molecule has 3 fully saturated rings. The molecule has 0 N–H and O–H groups in total. The smallest absolute Gasteiger partial charge is 0.295 e. The van der Waals surface area contributed by atoms with Crippen LogP contribution in [0, 0.1) is 21.7 Å². The predicted molar refractivity (Wildman–Crippen MR) is 78.7 cm³/mol. The molecule has 2 aliphatic heterocycles. The molecule has 2 saturated heterocycles. The van der Waals surface area contributed by atoms with Crippen molar-refractivity contribution >= 4 is 30.1 Å². The van der Waals surface area contributed by atoms with E-state index < -0.39 is 58.3 Å². The second-order valence-corrected chi connectivity index (χ2v) is 7.47. The Bertz CT molecular complexity index is 703. The SMILES string of the molecule is CC(OC=O)N1C(=O)C2(C)C3(C)C(=O)N(CF)C(=O)C3(C)C2(C)C1=O. The Balaban J connectivity index is 2.24. The molecule has 9 heteroatoms. The molecule has 0 spiro atoms. The Morgan fingerprint density at radius 3 is 1.60 bits per heavy atom. The molecule has 0 aromatic rings. The summed E-state index contributed by atoms with van der Waals surface area (Å²) >= 11 is 0. The average molecular weight is 354 g/mol. The van der Waals surface area contributed by atoms with Gasteiger partial charge < -0.3 is 4.74 Å². The fourth-order valence-electron chi connectivity index (χ4n) is 5.43. The van der Waals surface area contributed by atoms with Gasteiger partial charge in [0.05, 0.1) is 21.7 Å². The van der Waals surface area contributed by atoms with Gasteiger partial charge in [-0.05, 0) is 34.6 Å². The normalized spacial score (nSPS) is 43.8. The fourth-order valence-corrected chi connectivity index (χ4v) is 5.43. The number of alkyl halides is 1. The molecule has 0 radical (unpaired) electrons. The molecule has 5 atom stereocenters. The van der Waals surface area contributed by atoms with Crippen LogP contribution in [0.2, 0.25) is 0 Å². The van der Waals surface area contributed by atoms with Crippen molar-refractivity contribution in [3.8, 4) is 0 Å². The summed E-state index contributed by atoms with van der Waals surface area (Å²) in [6.45, 7) is 5.87. The molecule has 5 unspecified atom stereocenters. The molecule has 3 rings (SSSR count). The third kappa shape index (κ3) is 1.23. The molecule has 4 amide bonds. The summed E-state index contributed by atoms with van der Waals surface area (Å²) in [6, 6.07) is 0. The van der Waals surface area contributed by atoms with Crippen LogP contribution in [0.1, 0.15) is 34.6 Å². The summed E-state index contributed by atoms with van der Waals surface area (Å²) < 4.78 is 18.0. The van der Waals surface area contributed by atoms with Crippen LogP contribution in [0.15, 0.2) is 0 Å². The van der Waals surface area contributed by atoms with E-state index in [-0.39, 0.29) is 6.47 Å². The van der Waals surface area contributed by atoms with Crippen molar-refractivity contribution in [2.75, 3.05) is 6.80 Å². The van der Waals surface area contributed by atoms with Gasteiger partial charge in [0.1, 0.15) is 0 Å². The van der Waals surface area contributed by atoms with E-state index in [1.165, 1.54) is 34.6 Å². The molecule has 2 heterocycles. The Morgan fingerprint density at radius 1 is 0.920 bits per heavy atom. The zero-order valence-electron chi connectivity index (χ0n) is 14.6. The maximum Gasteiger partial charge on any atom is 0.295 e. The summed E-state index contributed by atoms with van der Waals surface area (Å²) in [4.78, 5) is 63.6. The maximum absolute atomic E-state index is 13.3. The van der Waals surface area contributed by atoms with Gasteiger partial charge in [0, 0.05) is 0 Å². The first-order chi connectivity index (χ1) is 11.4. The summed E-state index contributed by atoms with van der Waals surface area (Å²) in [6.07, 6.45) is -1.17. The number of hydrogen-bond donors (Lipinski definition) is 0. The van der Waals surface area contributed by atoms with Crippen molar-refractivity contribution < 1.29 is 33.1 Å². The van der Waals surface area contributed by atoms with Crippen LogP contribution in [0.4, 0.5) is 4.39 Å². The molecule has 0 bridgehead atoms. The molecule has 3 aliphatic rings. The predicted octanol–water partition coefficient (Wildman–Crippen LogP) is 0.209. The van der Waals surface area contributed by atoms with E-state index in [0.717, 1.165) is 4.90 Å². The minimum absolute atomic E-state index is 0.113. The summed E-state index contributed by atoms with van der Waals surface area (Å²) in [7, 11) is 0. The molecule has 136 valence electrons. The number of hydrogen-bond acceptors (Lipinski definition) is 6. The van der Waals surface area contributed by atoms with Gasteiger partial charge in [0.25, 0.3) is 6.47 Å². The van der Waals surface area contributed by atoms with Crippen LogP contribution in [0.3, 0.4) is 0 Å². The molecular formula is C16H19FN2O6. The van der Waals surface area contributed by atoms with Crippen molar-refractivity contribution in [3.05, 3.63) is 0 Å². The van der Waals surface area contributed by atoms with E-state index >= 15 is 0 Å². The summed E-state index contributed by atoms with van der Waals surface area (Å²) in [5.74, 6) is -3.05. The number of rotatable bonds is 4. The third-order valence-corrected chi connectivity index (χ3v) is 7.37. The standard InChI is InChI=1S/C16H19FN2O6/c1-8(25-7-20)19-11(23)15(4)13(2)9(21)18(6-17)10(22)14(13,3)16(15,5)12(19)24/h7-8H,6H2,1-5H3. The van der Waals surface area contributed by atoms with Gasteiger partial charge in [0.15, 0.2) is 13.0 Å². The Morgan fingerprint density at radius 2 is 1.28 bits per heavy atom. The first-order valence-electron chi connectivity index (χ1n) is 7.84. The zero-order valence-corrected chi connectivity index (χ0v) is 14.6. The van der Waals surface area contributed by atoms with E-state index in [1.54, 1.807) is 0 Å². The monoisotopic (exact) mass is 354 g/mol. The van der Waals surface area contributed by atoms with Crippen molar-refractivity contribution in [1.29, 1.82) is 0 Å².